The average Bonchev–Trinajstić information content (AvgIpc) is 2.83. The maximum Gasteiger partial charge on any atom is 0.416 e. The van der Waals surface area contributed by atoms with Gasteiger partial charge < -0.3 is 15.0 Å². The van der Waals surface area contributed by atoms with E-state index in [0.717, 1.165) is 18.2 Å². The summed E-state index contributed by atoms with van der Waals surface area (Å²) in [6, 6.07) is 15.6. The molecule has 0 spiro atoms. The van der Waals surface area contributed by atoms with E-state index < -0.39 is 17.6 Å². The number of hydrogen-bond donors (Lipinski definition) is 1. The molecule has 1 aliphatic heterocycles. The van der Waals surface area contributed by atoms with Crippen molar-refractivity contribution in [2.24, 2.45) is 0 Å². The fourth-order valence-electron chi connectivity index (χ4n) is 3.13. The number of benzene rings is 3. The molecule has 30 heavy (non-hydrogen) atoms. The molecular weight excluding hydrogens is 397 g/mol. The summed E-state index contributed by atoms with van der Waals surface area (Å²) in [4.78, 5) is 26.7. The van der Waals surface area contributed by atoms with Crippen molar-refractivity contribution in [1.82, 2.24) is 0 Å². The summed E-state index contributed by atoms with van der Waals surface area (Å²) in [5.41, 5.74) is 0.00294. The third-order valence-corrected chi connectivity index (χ3v) is 4.67. The molecule has 1 heterocycles. The van der Waals surface area contributed by atoms with E-state index in [-0.39, 0.29) is 22.7 Å². The maximum absolute atomic E-state index is 12.9. The molecule has 0 radical (unpaired) electrons. The van der Waals surface area contributed by atoms with Gasteiger partial charge in [0, 0.05) is 18.3 Å². The molecule has 5 nitrogen and oxygen atoms in total. The van der Waals surface area contributed by atoms with Crippen molar-refractivity contribution in [3.05, 3.63) is 83.4 Å². The van der Waals surface area contributed by atoms with Gasteiger partial charge in [-0.05, 0) is 48.5 Å². The average molecular weight is 412 g/mol. The van der Waals surface area contributed by atoms with E-state index in [1.54, 1.807) is 31.3 Å². The summed E-state index contributed by atoms with van der Waals surface area (Å²) < 4.78 is 44.5. The van der Waals surface area contributed by atoms with Crippen molar-refractivity contribution in [3.8, 4) is 11.5 Å². The molecule has 152 valence electrons. The topological polar surface area (TPSA) is 58.6 Å². The van der Waals surface area contributed by atoms with Crippen LogP contribution in [0, 0.1) is 0 Å². The first-order valence-electron chi connectivity index (χ1n) is 8.91. The van der Waals surface area contributed by atoms with E-state index in [4.69, 9.17) is 4.74 Å². The van der Waals surface area contributed by atoms with Crippen LogP contribution >= 0.6 is 0 Å². The van der Waals surface area contributed by atoms with Crippen molar-refractivity contribution >= 4 is 23.2 Å². The van der Waals surface area contributed by atoms with Crippen LogP contribution in [0.2, 0.25) is 0 Å². The number of alkyl halides is 3. The molecule has 3 aromatic rings. The molecule has 0 atom stereocenters. The van der Waals surface area contributed by atoms with Gasteiger partial charge >= 0.3 is 6.18 Å². The number of rotatable bonds is 2. The SMILES string of the molecule is CN1C(=O)c2cc(NC(=O)c3cccc(C(F)(F)F)c3)ccc2Oc2ccccc21. The molecule has 3 aromatic carbocycles. The Labute approximate surface area is 169 Å². The smallest absolute Gasteiger partial charge is 0.416 e. The van der Waals surface area contributed by atoms with Crippen molar-refractivity contribution in [1.29, 1.82) is 0 Å². The Morgan fingerprint density at radius 1 is 0.967 bits per heavy atom. The number of para-hydroxylation sites is 2. The molecular formula is C22H15F3N2O3. The van der Waals surface area contributed by atoms with Gasteiger partial charge in [0.05, 0.1) is 16.8 Å². The van der Waals surface area contributed by atoms with Crippen molar-refractivity contribution in [3.63, 3.8) is 0 Å². The van der Waals surface area contributed by atoms with Gasteiger partial charge in [-0.1, -0.05) is 18.2 Å². The number of hydrogen-bond acceptors (Lipinski definition) is 3. The van der Waals surface area contributed by atoms with Crippen LogP contribution in [-0.2, 0) is 6.18 Å². The highest BCUT2D eigenvalue weighted by atomic mass is 19.4. The van der Waals surface area contributed by atoms with E-state index >= 15 is 0 Å². The number of fused-ring (bicyclic) bond motifs is 2. The largest absolute Gasteiger partial charge is 0.454 e. The zero-order valence-corrected chi connectivity index (χ0v) is 15.7. The highest BCUT2D eigenvalue weighted by molar-refractivity contribution is 6.11. The molecule has 0 saturated carbocycles. The van der Waals surface area contributed by atoms with E-state index in [1.165, 1.54) is 29.2 Å². The number of anilines is 2. The van der Waals surface area contributed by atoms with Crippen molar-refractivity contribution in [2.45, 2.75) is 6.18 Å². The van der Waals surface area contributed by atoms with Gasteiger partial charge in [-0.25, -0.2) is 0 Å². The number of amides is 2. The molecule has 8 heteroatoms. The molecule has 0 unspecified atom stereocenters. The quantitative estimate of drug-likeness (QED) is 0.618. The summed E-state index contributed by atoms with van der Waals surface area (Å²) in [7, 11) is 1.60. The van der Waals surface area contributed by atoms with Gasteiger partial charge in [0.25, 0.3) is 11.8 Å². The number of nitrogens with one attached hydrogen (secondary N) is 1. The highest BCUT2D eigenvalue weighted by Crippen LogP contribution is 2.39. The van der Waals surface area contributed by atoms with Crippen LogP contribution < -0.4 is 15.0 Å². The number of carbonyl (C=O) groups is 2. The van der Waals surface area contributed by atoms with Gasteiger partial charge in [-0.3, -0.25) is 9.59 Å². The first-order valence-corrected chi connectivity index (χ1v) is 8.91. The lowest BCUT2D eigenvalue weighted by Gasteiger charge is -2.16. The minimum Gasteiger partial charge on any atom is -0.454 e. The monoisotopic (exact) mass is 412 g/mol. The summed E-state index contributed by atoms with van der Waals surface area (Å²) in [5, 5.41) is 2.53. The Balaban J connectivity index is 1.63. The van der Waals surface area contributed by atoms with Gasteiger partial charge in [-0.2, -0.15) is 13.2 Å². The van der Waals surface area contributed by atoms with E-state index in [0.29, 0.717) is 17.2 Å². The minimum absolute atomic E-state index is 0.146. The molecule has 0 saturated heterocycles. The van der Waals surface area contributed by atoms with Gasteiger partial charge in [0.2, 0.25) is 0 Å². The van der Waals surface area contributed by atoms with Crippen LogP contribution in [0.4, 0.5) is 24.5 Å². The van der Waals surface area contributed by atoms with Crippen LogP contribution in [0.25, 0.3) is 0 Å². The van der Waals surface area contributed by atoms with Crippen LogP contribution in [-0.4, -0.2) is 18.9 Å². The number of carbonyl (C=O) groups excluding carboxylic acids is 2. The zero-order valence-electron chi connectivity index (χ0n) is 15.7. The summed E-state index contributed by atoms with van der Waals surface area (Å²) >= 11 is 0. The lowest BCUT2D eigenvalue weighted by Crippen LogP contribution is -2.25. The van der Waals surface area contributed by atoms with Crippen LogP contribution in [0.15, 0.2) is 66.7 Å². The maximum atomic E-state index is 12.9. The van der Waals surface area contributed by atoms with Crippen molar-refractivity contribution in [2.75, 3.05) is 17.3 Å². The first-order chi connectivity index (χ1) is 14.2. The Morgan fingerprint density at radius 2 is 1.73 bits per heavy atom. The van der Waals surface area contributed by atoms with Gasteiger partial charge in [0.1, 0.15) is 5.75 Å². The summed E-state index contributed by atoms with van der Waals surface area (Å²) in [6.45, 7) is 0. The molecule has 1 N–H and O–H groups in total. The number of nitrogens with zero attached hydrogens (tertiary/aromatic N) is 1. The Bertz CT molecular complexity index is 1160. The number of ether oxygens (including phenoxy) is 1. The van der Waals surface area contributed by atoms with Crippen molar-refractivity contribution < 1.29 is 27.5 Å². The molecule has 4 rings (SSSR count). The fourth-order valence-corrected chi connectivity index (χ4v) is 3.13. The van der Waals surface area contributed by atoms with Crippen LogP contribution in [0.5, 0.6) is 11.5 Å². The first kappa shape index (κ1) is 19.5. The molecule has 0 bridgehead atoms. The lowest BCUT2D eigenvalue weighted by atomic mass is 10.1. The van der Waals surface area contributed by atoms with E-state index in [1.807, 2.05) is 0 Å². The predicted molar refractivity (Wildman–Crippen MR) is 105 cm³/mol. The van der Waals surface area contributed by atoms with E-state index in [9.17, 15) is 22.8 Å². The van der Waals surface area contributed by atoms with Crippen LogP contribution in [0.1, 0.15) is 26.3 Å². The Kier molecular flexibility index (Phi) is 4.69. The normalized spacial score (nSPS) is 13.1. The highest BCUT2D eigenvalue weighted by Gasteiger charge is 2.31. The molecule has 0 fully saturated rings. The summed E-state index contributed by atoms with van der Waals surface area (Å²) in [5.74, 6) is -0.244. The molecule has 0 aliphatic carbocycles. The minimum atomic E-state index is -4.55. The fraction of sp³-hybridized carbons (Fsp3) is 0.0909. The van der Waals surface area contributed by atoms with Crippen LogP contribution in [0.3, 0.4) is 0 Å². The van der Waals surface area contributed by atoms with Gasteiger partial charge in [-0.15, -0.1) is 0 Å². The zero-order chi connectivity index (χ0) is 21.5. The summed E-state index contributed by atoms with van der Waals surface area (Å²) in [6.07, 6.45) is -4.55. The molecule has 2 amide bonds. The molecule has 0 aromatic heterocycles. The van der Waals surface area contributed by atoms with E-state index in [2.05, 4.69) is 5.32 Å². The molecule has 1 aliphatic rings. The third kappa shape index (κ3) is 3.59. The number of halogens is 3. The second kappa shape index (κ2) is 7.22. The standard InChI is InChI=1S/C22H15F3N2O3/c1-27-17-7-2-3-8-19(17)30-18-10-9-15(12-16(18)21(27)29)26-20(28)13-5-4-6-14(11-13)22(23,24)25/h2-12H,1H3,(H,26,28). The third-order valence-electron chi connectivity index (χ3n) is 4.67. The second-order valence-corrected chi connectivity index (χ2v) is 6.68. The lowest BCUT2D eigenvalue weighted by molar-refractivity contribution is -0.137. The predicted octanol–water partition coefficient (Wildman–Crippen LogP) is 5.34. The Morgan fingerprint density at radius 3 is 2.50 bits per heavy atom. The second-order valence-electron chi connectivity index (χ2n) is 6.68. The Hall–Kier alpha value is -3.81. The van der Waals surface area contributed by atoms with Gasteiger partial charge in [0.15, 0.2) is 5.75 Å².